The zero-order valence-electron chi connectivity index (χ0n) is 55.0. The summed E-state index contributed by atoms with van der Waals surface area (Å²) in [5, 5.41) is 10.7. The molecule has 487 valence electrons. The smallest absolute Gasteiger partial charge is 0.410 e. The minimum Gasteiger partial charge on any atom is -0.481 e. The Morgan fingerprint density at radius 2 is 0.921 bits per heavy atom. The number of carbonyl (C=O) groups is 5. The molecule has 1 N–H and O–H groups in total. The molecule has 4 aliphatic heterocycles. The molecular formula is C67H92Cl2F4N8O7Y. The summed E-state index contributed by atoms with van der Waals surface area (Å²) in [7, 11) is 3.60. The SMILES string of the molecule is CC(=O)N(C)C(C)c1cc(C)c(Cl)cc1N1CCN(C(=O)OC(C)(C)C)CC1.CC(=O)N(C)C(C)c1cc(C)c(Cl)cc1N1CCN(C(=O)[C@@H]2CN(C(C)(C)C)C[C@H]2c2ccc(F)cc2F)CC1.CC(C)(C)N1C[C@@H](C(=O)O)[C@H](c2ccc(F)cc2F)C1.[Y]. The fraction of sp³-hybridized carbons (Fsp3) is 0.567. The number of aryl methyl sites for hydroxylation is 2. The maximum Gasteiger partial charge on any atom is 0.410 e. The number of benzene rings is 4. The molecule has 0 spiro atoms. The first-order valence-corrected chi connectivity index (χ1v) is 31.0. The van der Waals surface area contributed by atoms with Crippen LogP contribution in [0.5, 0.6) is 0 Å². The number of aliphatic carboxylic acids is 1. The van der Waals surface area contributed by atoms with Gasteiger partial charge in [0.15, 0.2) is 0 Å². The second kappa shape index (κ2) is 30.6. The van der Waals surface area contributed by atoms with Crippen molar-refractivity contribution in [1.29, 1.82) is 0 Å². The first-order chi connectivity index (χ1) is 40.8. The minimum absolute atomic E-state index is 0. The number of hydrogen-bond donors (Lipinski definition) is 1. The van der Waals surface area contributed by atoms with Gasteiger partial charge in [0.2, 0.25) is 17.7 Å². The molecule has 4 fully saturated rings. The summed E-state index contributed by atoms with van der Waals surface area (Å²) in [6.45, 7) is 35.6. The van der Waals surface area contributed by atoms with E-state index in [0.29, 0.717) is 94.1 Å². The van der Waals surface area contributed by atoms with Gasteiger partial charge in [0, 0.05) is 196 Å². The van der Waals surface area contributed by atoms with Crippen molar-refractivity contribution in [3.8, 4) is 0 Å². The molecule has 8 rings (SSSR count). The molecule has 0 saturated carbocycles. The van der Waals surface area contributed by atoms with E-state index in [-0.39, 0.29) is 91.2 Å². The summed E-state index contributed by atoms with van der Waals surface area (Å²) >= 11 is 12.9. The maximum absolute atomic E-state index is 14.9. The minimum atomic E-state index is -0.939. The summed E-state index contributed by atoms with van der Waals surface area (Å²) in [5.74, 6) is -5.37. The third-order valence-electron chi connectivity index (χ3n) is 17.8. The van der Waals surface area contributed by atoms with Gasteiger partial charge in [-0.1, -0.05) is 47.5 Å². The Kier molecular flexibility index (Phi) is 25.7. The van der Waals surface area contributed by atoms with Crippen LogP contribution < -0.4 is 9.80 Å². The van der Waals surface area contributed by atoms with Crippen LogP contribution in [0.1, 0.15) is 147 Å². The Labute approximate surface area is 560 Å². The normalized spacial score (nSPS) is 19.9. The second-order valence-electron chi connectivity index (χ2n) is 26.9. The average Bonchev–Trinajstić information content (AvgIpc) is 2.47. The van der Waals surface area contributed by atoms with Crippen molar-refractivity contribution in [2.75, 3.05) is 102 Å². The molecule has 6 atom stereocenters. The van der Waals surface area contributed by atoms with Crippen LogP contribution in [0.25, 0.3) is 0 Å². The first-order valence-electron chi connectivity index (χ1n) is 30.3. The van der Waals surface area contributed by atoms with Crippen molar-refractivity contribution in [1.82, 2.24) is 29.4 Å². The monoisotopic (exact) mass is 1360 g/mol. The number of carbonyl (C=O) groups excluding carboxylic acids is 4. The van der Waals surface area contributed by atoms with Crippen molar-refractivity contribution in [3.05, 3.63) is 127 Å². The number of rotatable bonds is 10. The number of likely N-dealkylation sites (tertiary alicyclic amines) is 2. The van der Waals surface area contributed by atoms with Crippen molar-refractivity contribution in [2.45, 2.75) is 144 Å². The van der Waals surface area contributed by atoms with Crippen LogP contribution in [0, 0.1) is 49.0 Å². The number of ether oxygens (including phenoxy) is 1. The van der Waals surface area contributed by atoms with Gasteiger partial charge in [-0.3, -0.25) is 29.0 Å². The Morgan fingerprint density at radius 3 is 1.26 bits per heavy atom. The molecule has 4 aromatic rings. The molecule has 4 heterocycles. The molecule has 89 heavy (non-hydrogen) atoms. The third-order valence-corrected chi connectivity index (χ3v) is 18.6. The number of carboxylic acid groups (broad SMARTS) is 1. The molecule has 4 aliphatic rings. The predicted molar refractivity (Wildman–Crippen MR) is 340 cm³/mol. The molecule has 22 heteroatoms. The number of hydrogen-bond acceptors (Lipinski definition) is 10. The number of nitrogens with zero attached hydrogens (tertiary/aromatic N) is 8. The van der Waals surface area contributed by atoms with Crippen LogP contribution in [0.3, 0.4) is 0 Å². The zero-order valence-corrected chi connectivity index (χ0v) is 59.4. The predicted octanol–water partition coefficient (Wildman–Crippen LogP) is 12.7. The number of piperazine rings is 2. The molecule has 0 aliphatic carbocycles. The molecule has 15 nitrogen and oxygen atoms in total. The van der Waals surface area contributed by atoms with Crippen molar-refractivity contribution < 1.29 is 84.1 Å². The first kappa shape index (κ1) is 74.7. The van der Waals surface area contributed by atoms with E-state index >= 15 is 0 Å². The maximum atomic E-state index is 14.9. The number of carboxylic acids is 1. The molecule has 4 amide bonds. The molecule has 4 aromatic carbocycles. The third kappa shape index (κ3) is 18.8. The van der Waals surface area contributed by atoms with Crippen molar-refractivity contribution >= 4 is 64.4 Å². The van der Waals surface area contributed by atoms with E-state index in [0.717, 1.165) is 45.8 Å². The van der Waals surface area contributed by atoms with Gasteiger partial charge in [0.25, 0.3) is 0 Å². The van der Waals surface area contributed by atoms with E-state index in [1.54, 1.807) is 42.6 Å². The fourth-order valence-corrected chi connectivity index (χ4v) is 12.2. The summed E-state index contributed by atoms with van der Waals surface area (Å²) in [6, 6.07) is 14.8. The standard InChI is InChI=1S/C31H41ClF2N4O2.C21H32ClN3O3.C15H19F2NO2.Y/c1-19-14-24(20(2)35(7)21(3)39)29(16-27(19)32)36-10-12-37(13-11-36)30(40)26-18-38(31(4,5)6)17-25(26)23-9-8-22(33)15-28(23)34;1-14-12-17(15(2)23(7)16(3)26)19(13-18(14)22)24-8-10-25(11-9-24)20(27)28-21(4,5)6;1-15(2,3)18-7-11(12(8-18)14(19)20)10-5-4-9(16)6-13(10)17;/h8-9,14-16,20,25-26H,10-13,17-18H2,1-7H3;12-13,15H,8-11H2,1-7H3;4-6,11-12H,7-8H2,1-3H3,(H,19,20);/t20?,25-,26+;;11-,12+;/m0.0./s1. The van der Waals surface area contributed by atoms with Crippen LogP contribution in [0.4, 0.5) is 33.7 Å². The van der Waals surface area contributed by atoms with Gasteiger partial charge < -0.3 is 39.2 Å². The van der Waals surface area contributed by atoms with Gasteiger partial charge in [-0.15, -0.1) is 0 Å². The molecular weight excluding hydrogens is 1260 g/mol. The van der Waals surface area contributed by atoms with Crippen LogP contribution in [-0.4, -0.2) is 174 Å². The molecule has 2 unspecified atom stereocenters. The van der Waals surface area contributed by atoms with E-state index < -0.39 is 52.6 Å². The van der Waals surface area contributed by atoms with Gasteiger partial charge in [-0.25, -0.2) is 22.4 Å². The Bertz CT molecular complexity index is 3180. The molecule has 0 aromatic heterocycles. The number of halogens is 6. The summed E-state index contributed by atoms with van der Waals surface area (Å²) in [4.78, 5) is 77.4. The molecule has 0 bridgehead atoms. The van der Waals surface area contributed by atoms with E-state index in [1.165, 1.54) is 24.3 Å². The topological polar surface area (TPSA) is 141 Å². The summed E-state index contributed by atoms with van der Waals surface area (Å²) in [5.41, 5.74) is 5.80. The van der Waals surface area contributed by atoms with Crippen LogP contribution in [-0.2, 0) is 56.6 Å². The number of amides is 4. The molecule has 1 radical (unpaired) electrons. The Morgan fingerprint density at radius 1 is 0.562 bits per heavy atom. The van der Waals surface area contributed by atoms with Crippen molar-refractivity contribution in [2.24, 2.45) is 11.8 Å². The van der Waals surface area contributed by atoms with E-state index in [1.807, 2.05) is 97.2 Å². The van der Waals surface area contributed by atoms with E-state index in [9.17, 15) is 46.6 Å². The van der Waals surface area contributed by atoms with E-state index in [4.69, 9.17) is 27.9 Å². The largest absolute Gasteiger partial charge is 0.481 e. The van der Waals surface area contributed by atoms with Gasteiger partial charge >= 0.3 is 12.1 Å². The summed E-state index contributed by atoms with van der Waals surface area (Å²) in [6.07, 6.45) is -0.279. The van der Waals surface area contributed by atoms with Gasteiger partial charge in [-0.05, 0) is 148 Å². The van der Waals surface area contributed by atoms with Gasteiger partial charge in [0.1, 0.15) is 28.9 Å². The van der Waals surface area contributed by atoms with Crippen LogP contribution in [0.15, 0.2) is 60.7 Å². The fourth-order valence-electron chi connectivity index (χ4n) is 11.9. The number of anilines is 2. The summed E-state index contributed by atoms with van der Waals surface area (Å²) < 4.78 is 60.9. The van der Waals surface area contributed by atoms with Crippen LogP contribution >= 0.6 is 23.2 Å². The van der Waals surface area contributed by atoms with E-state index in [2.05, 4.69) is 41.5 Å². The zero-order chi connectivity index (χ0) is 65.8. The average molecular weight is 1360 g/mol. The van der Waals surface area contributed by atoms with Crippen LogP contribution in [0.2, 0.25) is 10.0 Å². The Balaban J connectivity index is 0.000000257. The van der Waals surface area contributed by atoms with Gasteiger partial charge in [-0.2, -0.15) is 0 Å². The Hall–Kier alpha value is -5.05. The van der Waals surface area contributed by atoms with Crippen molar-refractivity contribution in [3.63, 3.8) is 0 Å². The molecule has 4 saturated heterocycles. The quantitative estimate of drug-likeness (QED) is 0.152. The second-order valence-corrected chi connectivity index (χ2v) is 27.8. The van der Waals surface area contributed by atoms with Gasteiger partial charge in [0.05, 0.1) is 23.9 Å².